The summed E-state index contributed by atoms with van der Waals surface area (Å²) in [6.07, 6.45) is -2.48. The molecule has 0 aliphatic carbocycles. The number of para-hydroxylation sites is 1. The van der Waals surface area contributed by atoms with Crippen molar-refractivity contribution >= 4 is 171 Å². The smallest absolute Gasteiger partial charge is 0.269 e. The quantitative estimate of drug-likeness (QED) is 0.0706. The van der Waals surface area contributed by atoms with Gasteiger partial charge in [0.1, 0.15) is 36.2 Å². The van der Waals surface area contributed by atoms with Crippen LogP contribution < -0.4 is 22.5 Å². The van der Waals surface area contributed by atoms with E-state index in [2.05, 4.69) is 79.6 Å². The number of carbonyl (C=O) groups excluding carboxylic acids is 3. The summed E-state index contributed by atoms with van der Waals surface area (Å²) >= 11 is 32.3. The Labute approximate surface area is 461 Å². The number of aliphatic hydroxyl groups excluding tert-OH is 2. The number of alkyl halides is 1. The minimum Gasteiger partial charge on any atom is -0.397 e. The fourth-order valence-electron chi connectivity index (χ4n) is 7.53. The van der Waals surface area contributed by atoms with Crippen molar-refractivity contribution in [1.29, 1.82) is 0 Å². The normalized spacial score (nSPS) is 15.2. The van der Waals surface area contributed by atoms with Crippen LogP contribution in [-0.2, 0) is 44.9 Å². The van der Waals surface area contributed by atoms with Crippen LogP contribution in [0.1, 0.15) is 55.7 Å². The summed E-state index contributed by atoms with van der Waals surface area (Å²) in [6, 6.07) is 20.3. The Morgan fingerprint density at radius 2 is 1.58 bits per heavy atom. The highest BCUT2D eigenvalue weighted by Crippen LogP contribution is 2.39. The van der Waals surface area contributed by atoms with Crippen LogP contribution in [0.2, 0.25) is 15.1 Å². The topological polar surface area (TPSA) is 244 Å². The molecule has 382 valence electrons. The molecule has 4 heterocycles. The number of hydrogen-bond donors (Lipinski definition) is 7. The minimum absolute atomic E-state index is 0. The Bertz CT molecular complexity index is 3160. The van der Waals surface area contributed by atoms with Gasteiger partial charge in [0.2, 0.25) is 11.8 Å². The molecule has 25 heteroatoms. The molecular formula is C47H47Br2Cl3F2N10O5S3. The second-order valence-corrected chi connectivity index (χ2v) is 18.6. The number of fused-ring (bicyclic) bond motifs is 3. The fourth-order valence-corrected chi connectivity index (χ4v) is 8.96. The molecule has 1 saturated heterocycles. The van der Waals surface area contributed by atoms with E-state index in [0.717, 1.165) is 30.8 Å². The van der Waals surface area contributed by atoms with Crippen molar-refractivity contribution < 1.29 is 33.4 Å². The predicted octanol–water partition coefficient (Wildman–Crippen LogP) is 10.2. The number of nitrogens with one attached hydrogen (secondary N) is 2. The Morgan fingerprint density at radius 1 is 0.917 bits per heavy atom. The number of nitrogens with zero attached hydrogens (tertiary/aromatic N) is 5. The van der Waals surface area contributed by atoms with Crippen molar-refractivity contribution in [2.24, 2.45) is 10.7 Å². The number of H-pyrrole nitrogens is 1. The van der Waals surface area contributed by atoms with Gasteiger partial charge in [-0.2, -0.15) is 18.6 Å². The van der Waals surface area contributed by atoms with E-state index in [0.29, 0.717) is 61.2 Å². The maximum absolute atomic E-state index is 15.8. The van der Waals surface area contributed by atoms with Gasteiger partial charge in [0.25, 0.3) is 5.91 Å². The monoisotopic (exact) mass is 1230 g/mol. The van der Waals surface area contributed by atoms with Crippen LogP contribution >= 0.6 is 80.2 Å². The second-order valence-electron chi connectivity index (χ2n) is 15.7. The van der Waals surface area contributed by atoms with E-state index in [4.69, 9.17) is 52.0 Å². The number of amides is 3. The largest absolute Gasteiger partial charge is 0.397 e. The number of primary amides is 1. The van der Waals surface area contributed by atoms with Gasteiger partial charge in [-0.05, 0) is 88.2 Å². The molecule has 0 spiro atoms. The molecule has 72 heavy (non-hydrogen) atoms. The number of aliphatic imine (C=N–C) groups is 1. The lowest BCUT2D eigenvalue weighted by Crippen LogP contribution is -2.44. The lowest BCUT2D eigenvalue weighted by atomic mass is 10.0. The molecule has 7 aromatic rings. The number of imidazole rings is 1. The van der Waals surface area contributed by atoms with Gasteiger partial charge < -0.3 is 42.6 Å². The number of aromatic amines is 1. The average Bonchev–Trinajstić information content (AvgIpc) is 4.15. The van der Waals surface area contributed by atoms with Crippen molar-refractivity contribution in [3.63, 3.8) is 0 Å². The Balaban J connectivity index is 0.000000328. The molecule has 2 aliphatic rings. The molecule has 9 rings (SSSR count). The number of rotatable bonds is 8. The molecule has 10 N–H and O–H groups in total. The summed E-state index contributed by atoms with van der Waals surface area (Å²) < 4.78 is 33.3. The van der Waals surface area contributed by atoms with Crippen molar-refractivity contribution in [2.45, 2.75) is 65.1 Å². The molecule has 0 unspecified atom stereocenters. The molecule has 5 aromatic carbocycles. The van der Waals surface area contributed by atoms with E-state index in [1.54, 1.807) is 62.4 Å². The zero-order chi connectivity index (χ0) is 51.3. The standard InChI is InChI=1S/C30H26ClF2N7O4.C10H9BrClNO.C6H6BrClN2.CH4.S2.H2S/c1-14(41)29-35-20-10-9-16(24(31)27(20)37-29)17-6-4-7-19(25(17)33)36-30(44)22-11-15(32)12-39(22)23(42)13-40-21-8-3-2-5-18(21)26(38-40)28(34)43;1-5(14)9-4-6-8(13-9)3-2-7(11)10(6)12;7-3-1-2-4(9)6(10)5(3)8;;1-2;/h2-10,14-15,22,41H,11-13H2,1H3,(H2,34,43)(H,35,37)(H,36,44);2-3,5,14H,4H2,1H3;1-2H,9-10H2;1H4;;1H2/t14-,15+,22-;5-;;;;/m00..../s1. The molecule has 2 aliphatic heterocycles. The van der Waals surface area contributed by atoms with Gasteiger partial charge in [-0.25, -0.2) is 13.8 Å². The third kappa shape index (κ3) is 13.1. The molecule has 1 fully saturated rings. The highest BCUT2D eigenvalue weighted by atomic mass is 79.9. The summed E-state index contributed by atoms with van der Waals surface area (Å²) in [7, 11) is 0. The van der Waals surface area contributed by atoms with Gasteiger partial charge in [-0.1, -0.05) is 78.6 Å². The van der Waals surface area contributed by atoms with Crippen LogP contribution in [0.15, 0.2) is 92.8 Å². The Hall–Kier alpha value is -4.88. The van der Waals surface area contributed by atoms with Gasteiger partial charge in [0, 0.05) is 66.2 Å². The molecule has 3 amide bonds. The first-order valence-corrected chi connectivity index (χ1v) is 24.8. The first kappa shape index (κ1) is 59.7. The van der Waals surface area contributed by atoms with Crippen LogP contribution in [0.4, 0.5) is 31.5 Å². The van der Waals surface area contributed by atoms with Crippen LogP contribution in [0.25, 0.3) is 33.1 Å². The van der Waals surface area contributed by atoms with E-state index in [-0.39, 0.29) is 62.4 Å². The number of nitrogens with two attached hydrogens (primary N) is 3. The van der Waals surface area contributed by atoms with E-state index in [1.807, 2.05) is 12.1 Å². The summed E-state index contributed by atoms with van der Waals surface area (Å²) in [4.78, 5) is 51.2. The predicted molar refractivity (Wildman–Crippen MR) is 300 cm³/mol. The third-order valence-electron chi connectivity index (χ3n) is 11.0. The number of likely N-dealkylation sites (tertiary alicyclic amines) is 1. The zero-order valence-corrected chi connectivity index (χ0v) is 45.3. The van der Waals surface area contributed by atoms with Crippen LogP contribution in [0.5, 0.6) is 0 Å². The molecule has 0 bridgehead atoms. The van der Waals surface area contributed by atoms with Gasteiger partial charge in [-0.3, -0.25) is 24.1 Å². The molecule has 4 atom stereocenters. The van der Waals surface area contributed by atoms with Crippen molar-refractivity contribution in [2.75, 3.05) is 23.3 Å². The van der Waals surface area contributed by atoms with E-state index >= 15 is 4.39 Å². The summed E-state index contributed by atoms with van der Waals surface area (Å²) in [6.45, 7) is 2.55. The molecule has 15 nitrogen and oxygen atoms in total. The average molecular weight is 1230 g/mol. The second kappa shape index (κ2) is 25.9. The third-order valence-corrected chi connectivity index (χ3v) is 14.0. The lowest BCUT2D eigenvalue weighted by Gasteiger charge is -2.24. The number of anilines is 3. The van der Waals surface area contributed by atoms with E-state index in [1.165, 1.54) is 22.9 Å². The van der Waals surface area contributed by atoms with E-state index < -0.39 is 48.0 Å². The molecule has 2 aromatic heterocycles. The first-order valence-electron chi connectivity index (χ1n) is 20.8. The highest BCUT2D eigenvalue weighted by molar-refractivity contribution is 9.10. The van der Waals surface area contributed by atoms with Gasteiger partial charge in [0.05, 0.1) is 67.2 Å². The van der Waals surface area contributed by atoms with Crippen molar-refractivity contribution in [3.05, 3.63) is 126 Å². The Morgan fingerprint density at radius 3 is 2.24 bits per heavy atom. The van der Waals surface area contributed by atoms with Crippen molar-refractivity contribution in [1.82, 2.24) is 24.6 Å². The number of hydrogen-bond acceptors (Lipinski definition) is 12. The zero-order valence-electron chi connectivity index (χ0n) is 37.2. The number of carbonyl (C=O) groups is 3. The van der Waals surface area contributed by atoms with Crippen LogP contribution in [0.3, 0.4) is 0 Å². The number of aliphatic hydroxyl groups is 2. The summed E-state index contributed by atoms with van der Waals surface area (Å²) in [5.41, 5.74) is 21.5. The number of aromatic nitrogens is 4. The molecule has 0 radical (unpaired) electrons. The van der Waals surface area contributed by atoms with E-state index in [9.17, 15) is 29.0 Å². The number of nitrogen functional groups attached to an aromatic ring is 2. The SMILES string of the molecule is C.C[C@H](O)C1=Nc2ccc(Br)c(Cl)c2C1.C[C@H](O)c1nc2c(Cl)c(-c3cccc(NC(=O)[C@@H]4C[C@@H](F)CN4C(=O)Cn4nc(C(N)=O)c5ccccc54)c3F)ccc2[nH]1.Nc1ccc(Br)c(Cl)c1N.S.S=S. The number of halogens is 7. The summed E-state index contributed by atoms with van der Waals surface area (Å²) in [5.74, 6) is -2.64. The van der Waals surface area contributed by atoms with Gasteiger partial charge in [-0.15, -0.1) is 0 Å². The van der Waals surface area contributed by atoms with Crippen molar-refractivity contribution in [3.8, 4) is 11.1 Å². The Kier molecular flexibility index (Phi) is 21.4. The number of benzene rings is 5. The fraction of sp³-hybridized carbons (Fsp3) is 0.234. The minimum atomic E-state index is -1.48. The maximum atomic E-state index is 15.8. The highest BCUT2D eigenvalue weighted by Gasteiger charge is 2.40. The van der Waals surface area contributed by atoms with Crippen LogP contribution in [0, 0.1) is 5.82 Å². The summed E-state index contributed by atoms with van der Waals surface area (Å²) in [5, 5.41) is 27.7. The molecular weight excluding hydrogens is 1180 g/mol. The van der Waals surface area contributed by atoms with Crippen LogP contribution in [-0.4, -0.2) is 83.2 Å². The molecule has 0 saturated carbocycles. The maximum Gasteiger partial charge on any atom is 0.269 e. The lowest BCUT2D eigenvalue weighted by molar-refractivity contribution is -0.137. The van der Waals surface area contributed by atoms with Gasteiger partial charge in [0.15, 0.2) is 11.5 Å². The first-order chi connectivity index (χ1) is 33.2. The van der Waals surface area contributed by atoms with Gasteiger partial charge >= 0.3 is 0 Å².